The molecule has 10 heteroatoms. The van der Waals surface area contributed by atoms with Crippen molar-refractivity contribution in [3.63, 3.8) is 0 Å². The topological polar surface area (TPSA) is 70.9 Å². The maximum absolute atomic E-state index is 14.8. The van der Waals surface area contributed by atoms with Crippen molar-refractivity contribution < 1.29 is 22.7 Å². The molecule has 0 saturated carbocycles. The van der Waals surface area contributed by atoms with Crippen LogP contribution in [-0.4, -0.2) is 54.5 Å². The average Bonchev–Trinajstić information content (AvgIpc) is 3.12. The molecule has 7 nitrogen and oxygen atoms in total. The van der Waals surface area contributed by atoms with Crippen LogP contribution in [0.2, 0.25) is 0 Å². The van der Waals surface area contributed by atoms with Gasteiger partial charge in [-0.15, -0.1) is 0 Å². The Morgan fingerprint density at radius 2 is 2.16 bits per heavy atom. The number of halogens is 3. The number of nitrogens with zero attached hydrogens (tertiary/aromatic N) is 3. The molecule has 0 aliphatic carbocycles. The Balaban J connectivity index is 1.51. The van der Waals surface area contributed by atoms with E-state index in [-0.39, 0.29) is 23.7 Å². The number of nitrogens with one attached hydrogen (secondary N) is 2. The van der Waals surface area contributed by atoms with E-state index in [1.54, 1.807) is 28.9 Å². The molecule has 0 spiro atoms. The quantitative estimate of drug-likeness (QED) is 0.606. The third-order valence-corrected chi connectivity index (χ3v) is 5.42. The number of benzene rings is 1. The Bertz CT molecular complexity index is 1130. The summed E-state index contributed by atoms with van der Waals surface area (Å²) in [6.45, 7) is 3.31. The van der Waals surface area contributed by atoms with E-state index >= 15 is 0 Å². The van der Waals surface area contributed by atoms with Crippen molar-refractivity contribution in [2.75, 3.05) is 37.0 Å². The molecular formula is C22H24F3N5O2. The summed E-state index contributed by atoms with van der Waals surface area (Å²) in [6.07, 6.45) is 0.703. The van der Waals surface area contributed by atoms with E-state index in [0.29, 0.717) is 36.7 Å². The Hall–Kier alpha value is -3.27. The summed E-state index contributed by atoms with van der Waals surface area (Å²) in [4.78, 5) is 19.0. The zero-order valence-electron chi connectivity index (χ0n) is 17.7. The third kappa shape index (κ3) is 4.64. The molecule has 1 amide bonds. The van der Waals surface area contributed by atoms with Gasteiger partial charge < -0.3 is 24.7 Å². The first-order chi connectivity index (χ1) is 15.3. The molecule has 1 atom stereocenters. The number of ether oxygens (including phenoxy) is 1. The number of piperazine rings is 1. The molecule has 2 aromatic heterocycles. The fraction of sp³-hybridized carbons (Fsp3) is 0.364. The molecule has 1 aliphatic rings. The summed E-state index contributed by atoms with van der Waals surface area (Å²) in [5.74, 6) is -0.817. The first-order valence-corrected chi connectivity index (χ1v) is 10.2. The zero-order chi connectivity index (χ0) is 22.8. The molecule has 0 radical (unpaired) electrons. The van der Waals surface area contributed by atoms with Crippen LogP contribution in [0.3, 0.4) is 0 Å². The molecule has 1 aliphatic heterocycles. The summed E-state index contributed by atoms with van der Waals surface area (Å²) in [6, 6.07) is 5.73. The van der Waals surface area contributed by atoms with Crippen LogP contribution in [0, 0.1) is 12.7 Å². The highest BCUT2D eigenvalue weighted by Crippen LogP contribution is 2.26. The van der Waals surface area contributed by atoms with E-state index in [9.17, 15) is 18.0 Å². The van der Waals surface area contributed by atoms with Crippen molar-refractivity contribution in [1.82, 2.24) is 14.7 Å². The van der Waals surface area contributed by atoms with Gasteiger partial charge >= 0.3 is 0 Å². The fourth-order valence-electron chi connectivity index (χ4n) is 3.91. The Morgan fingerprint density at radius 1 is 1.34 bits per heavy atom. The van der Waals surface area contributed by atoms with E-state index in [4.69, 9.17) is 4.74 Å². The van der Waals surface area contributed by atoms with E-state index < -0.39 is 18.1 Å². The average molecular weight is 447 g/mol. The van der Waals surface area contributed by atoms with Crippen LogP contribution in [0.25, 0.3) is 5.65 Å². The maximum atomic E-state index is 14.8. The van der Waals surface area contributed by atoms with Gasteiger partial charge in [-0.05, 0) is 25.1 Å². The lowest BCUT2D eigenvalue weighted by Gasteiger charge is -2.35. The number of rotatable bonds is 6. The smallest absolute Gasteiger partial charge is 0.261 e. The number of aryl methyl sites for hydroxylation is 1. The number of hydrogen-bond donors (Lipinski definition) is 2. The second kappa shape index (κ2) is 9.07. The van der Waals surface area contributed by atoms with Gasteiger partial charge in [0.05, 0.1) is 24.1 Å². The van der Waals surface area contributed by atoms with Crippen LogP contribution in [-0.2, 0) is 0 Å². The minimum Gasteiger partial charge on any atom is -0.496 e. The van der Waals surface area contributed by atoms with E-state index in [1.807, 2.05) is 11.8 Å². The van der Waals surface area contributed by atoms with Gasteiger partial charge in [0.25, 0.3) is 5.91 Å². The minimum absolute atomic E-state index is 0.0157. The van der Waals surface area contributed by atoms with Crippen LogP contribution in [0.4, 0.5) is 24.5 Å². The molecule has 2 N–H and O–H groups in total. The predicted molar refractivity (Wildman–Crippen MR) is 115 cm³/mol. The molecule has 1 unspecified atom stereocenters. The lowest BCUT2D eigenvalue weighted by Crippen LogP contribution is -2.51. The number of amides is 1. The van der Waals surface area contributed by atoms with Crippen molar-refractivity contribution in [2.45, 2.75) is 25.8 Å². The zero-order valence-corrected chi connectivity index (χ0v) is 17.7. The van der Waals surface area contributed by atoms with Gasteiger partial charge in [-0.3, -0.25) is 4.79 Å². The molecular weight excluding hydrogens is 423 g/mol. The number of methoxy groups -OCH3 is 1. The lowest BCUT2D eigenvalue weighted by molar-refractivity contribution is 0.102. The van der Waals surface area contributed by atoms with E-state index in [2.05, 4.69) is 15.6 Å². The number of carbonyl (C=O) groups excluding carboxylic acids is 1. The van der Waals surface area contributed by atoms with E-state index in [1.165, 1.54) is 19.2 Å². The number of alkyl halides is 2. The normalized spacial score (nSPS) is 16.6. The molecule has 170 valence electrons. The maximum Gasteiger partial charge on any atom is 0.261 e. The number of anilines is 2. The SMILES string of the molecule is COc1cc2nc(C)cn2cc1C(=O)Nc1ccc(N2CCNC(CC(F)F)C2)cc1F. The molecule has 1 saturated heterocycles. The number of hydrogen-bond acceptors (Lipinski definition) is 5. The van der Waals surface area contributed by atoms with Crippen molar-refractivity contribution >= 4 is 22.9 Å². The molecule has 32 heavy (non-hydrogen) atoms. The summed E-state index contributed by atoms with van der Waals surface area (Å²) in [5.41, 5.74) is 2.25. The van der Waals surface area contributed by atoms with Gasteiger partial charge in [-0.25, -0.2) is 18.2 Å². The van der Waals surface area contributed by atoms with Crippen molar-refractivity contribution in [1.29, 1.82) is 0 Å². The highest BCUT2D eigenvalue weighted by Gasteiger charge is 2.23. The van der Waals surface area contributed by atoms with Gasteiger partial charge in [0.1, 0.15) is 17.2 Å². The van der Waals surface area contributed by atoms with Crippen LogP contribution >= 0.6 is 0 Å². The lowest BCUT2D eigenvalue weighted by atomic mass is 10.1. The van der Waals surface area contributed by atoms with Crippen LogP contribution < -0.4 is 20.3 Å². The van der Waals surface area contributed by atoms with Gasteiger partial charge in [-0.2, -0.15) is 0 Å². The number of aromatic nitrogens is 2. The summed E-state index contributed by atoms with van der Waals surface area (Å²) in [5, 5.41) is 5.63. The van der Waals surface area contributed by atoms with Gasteiger partial charge in [0.2, 0.25) is 6.43 Å². The Kier molecular flexibility index (Phi) is 6.22. The largest absolute Gasteiger partial charge is 0.496 e. The van der Waals surface area contributed by atoms with Crippen molar-refractivity contribution in [3.8, 4) is 5.75 Å². The number of pyridine rings is 1. The fourth-order valence-corrected chi connectivity index (χ4v) is 3.91. The molecule has 0 bridgehead atoms. The second-order valence-electron chi connectivity index (χ2n) is 7.75. The molecule has 3 aromatic rings. The first-order valence-electron chi connectivity index (χ1n) is 10.2. The molecule has 3 heterocycles. The van der Waals surface area contributed by atoms with Crippen molar-refractivity contribution in [2.24, 2.45) is 0 Å². The summed E-state index contributed by atoms with van der Waals surface area (Å²) >= 11 is 0. The van der Waals surface area contributed by atoms with Gasteiger partial charge in [0.15, 0.2) is 0 Å². The van der Waals surface area contributed by atoms with Gasteiger partial charge in [-0.1, -0.05) is 0 Å². The number of imidazole rings is 1. The molecule has 1 aromatic carbocycles. The second-order valence-corrected chi connectivity index (χ2v) is 7.75. The van der Waals surface area contributed by atoms with Crippen LogP contribution in [0.15, 0.2) is 36.7 Å². The molecule has 1 fully saturated rings. The minimum atomic E-state index is -2.40. The Morgan fingerprint density at radius 3 is 2.88 bits per heavy atom. The monoisotopic (exact) mass is 447 g/mol. The predicted octanol–water partition coefficient (Wildman–Crippen LogP) is 3.48. The highest BCUT2D eigenvalue weighted by molar-refractivity contribution is 6.06. The number of carbonyl (C=O) groups is 1. The van der Waals surface area contributed by atoms with Crippen LogP contribution in [0.1, 0.15) is 22.5 Å². The Labute approximate surface area is 183 Å². The standard InChI is InChI=1S/C22H24F3N5O2/c1-13-10-30-12-16(19(32-2)9-21(30)27-13)22(31)28-18-4-3-15(8-17(18)23)29-6-5-26-14(11-29)7-20(24)25/h3-4,8-10,12,14,20,26H,5-7,11H2,1-2H3,(H,28,31). The summed E-state index contributed by atoms with van der Waals surface area (Å²) in [7, 11) is 1.45. The highest BCUT2D eigenvalue weighted by atomic mass is 19.3. The van der Waals surface area contributed by atoms with Gasteiger partial charge in [0, 0.05) is 56.2 Å². The summed E-state index contributed by atoms with van der Waals surface area (Å²) < 4.78 is 47.2. The first kappa shape index (κ1) is 21.9. The molecule has 4 rings (SSSR count). The van der Waals surface area contributed by atoms with Crippen LogP contribution in [0.5, 0.6) is 5.75 Å². The van der Waals surface area contributed by atoms with E-state index in [0.717, 1.165) is 5.69 Å². The third-order valence-electron chi connectivity index (χ3n) is 5.42. The number of fused-ring (bicyclic) bond motifs is 1. The van der Waals surface area contributed by atoms with Crippen molar-refractivity contribution in [3.05, 3.63) is 53.7 Å².